The van der Waals surface area contributed by atoms with Crippen LogP contribution in [0.3, 0.4) is 0 Å². The molecule has 2 aromatic rings. The minimum Gasteiger partial charge on any atom is -0.353 e. The Morgan fingerprint density at radius 1 is 1.36 bits per heavy atom. The molecule has 1 aliphatic heterocycles. The van der Waals surface area contributed by atoms with E-state index in [1.54, 1.807) is 24.3 Å². The molecule has 1 aliphatic rings. The lowest BCUT2D eigenvalue weighted by Crippen LogP contribution is -2.35. The molecule has 1 N–H and O–H groups in total. The topological polar surface area (TPSA) is 61.1 Å². The van der Waals surface area contributed by atoms with Gasteiger partial charge >= 0.3 is 6.03 Å². The molecule has 1 unspecified atom stereocenters. The van der Waals surface area contributed by atoms with E-state index in [4.69, 9.17) is 5.26 Å². The number of hydrogen-bond acceptors (Lipinski definition) is 2. The fourth-order valence-corrected chi connectivity index (χ4v) is 3.00. The number of nitrogens with one attached hydrogen (secondary N) is 1. The highest BCUT2D eigenvalue weighted by atomic mass is 16.2. The monoisotopic (exact) mass is 294 g/mol. The Morgan fingerprint density at radius 3 is 2.95 bits per heavy atom. The molecule has 5 heteroatoms. The van der Waals surface area contributed by atoms with E-state index in [1.165, 1.54) is 0 Å². The number of amides is 2. The van der Waals surface area contributed by atoms with Crippen LogP contribution >= 0.6 is 0 Å². The van der Waals surface area contributed by atoms with Gasteiger partial charge in [-0.2, -0.15) is 5.26 Å². The average Bonchev–Trinajstić information content (AvgIpc) is 3.15. The van der Waals surface area contributed by atoms with Gasteiger partial charge in [0.25, 0.3) is 0 Å². The van der Waals surface area contributed by atoms with Crippen LogP contribution in [0.5, 0.6) is 0 Å². The number of carbonyl (C=O) groups excluding carboxylic acids is 1. The number of aryl methyl sites for hydroxylation is 1. The summed E-state index contributed by atoms with van der Waals surface area (Å²) in [6, 6.07) is 13.1. The molecule has 0 radical (unpaired) electrons. The predicted molar refractivity (Wildman–Crippen MR) is 84.3 cm³/mol. The molecule has 22 heavy (non-hydrogen) atoms. The van der Waals surface area contributed by atoms with Crippen LogP contribution in [0, 0.1) is 11.3 Å². The molecule has 0 bridgehead atoms. The summed E-state index contributed by atoms with van der Waals surface area (Å²) in [6.07, 6.45) is 3.98. The molecule has 3 rings (SSSR count). The number of likely N-dealkylation sites (tertiary alicyclic amines) is 1. The maximum Gasteiger partial charge on any atom is 0.322 e. The van der Waals surface area contributed by atoms with E-state index in [2.05, 4.69) is 22.0 Å². The van der Waals surface area contributed by atoms with E-state index >= 15 is 0 Å². The second-order valence-electron chi connectivity index (χ2n) is 5.52. The number of benzene rings is 1. The summed E-state index contributed by atoms with van der Waals surface area (Å²) in [7, 11) is 2.00. The molecule has 0 aliphatic carbocycles. The summed E-state index contributed by atoms with van der Waals surface area (Å²) in [4.78, 5) is 14.4. The molecule has 2 amide bonds. The zero-order valence-electron chi connectivity index (χ0n) is 12.5. The van der Waals surface area contributed by atoms with Gasteiger partial charge in [-0.3, -0.25) is 0 Å². The fraction of sp³-hybridized carbons (Fsp3) is 0.294. The zero-order chi connectivity index (χ0) is 15.5. The van der Waals surface area contributed by atoms with E-state index < -0.39 is 0 Å². The number of aromatic nitrogens is 1. The lowest BCUT2D eigenvalue weighted by Gasteiger charge is -2.25. The van der Waals surface area contributed by atoms with Crippen LogP contribution in [0.2, 0.25) is 0 Å². The number of hydrogen-bond donors (Lipinski definition) is 1. The molecule has 0 saturated carbocycles. The summed E-state index contributed by atoms with van der Waals surface area (Å²) in [5.74, 6) is 0. The first-order chi connectivity index (χ1) is 10.7. The average molecular weight is 294 g/mol. The minimum atomic E-state index is -0.112. The Morgan fingerprint density at radius 2 is 2.23 bits per heavy atom. The number of rotatable bonds is 2. The summed E-state index contributed by atoms with van der Waals surface area (Å²) in [5, 5.41) is 11.8. The van der Waals surface area contributed by atoms with E-state index in [0.717, 1.165) is 25.1 Å². The molecule has 2 heterocycles. The Bertz CT molecular complexity index is 728. The fourth-order valence-electron chi connectivity index (χ4n) is 3.00. The first-order valence-electron chi connectivity index (χ1n) is 7.38. The van der Waals surface area contributed by atoms with Gasteiger partial charge in [0, 0.05) is 31.2 Å². The number of nitrogens with zero attached hydrogens (tertiary/aromatic N) is 3. The SMILES string of the molecule is Cn1cccc1C1CCCN1C(=O)Nc1cccc(C#N)c1. The van der Waals surface area contributed by atoms with Crippen LogP contribution in [0.15, 0.2) is 42.6 Å². The van der Waals surface area contributed by atoms with E-state index in [9.17, 15) is 4.79 Å². The maximum absolute atomic E-state index is 12.6. The summed E-state index contributed by atoms with van der Waals surface area (Å²) >= 11 is 0. The molecule has 5 nitrogen and oxygen atoms in total. The smallest absolute Gasteiger partial charge is 0.322 e. The molecule has 112 valence electrons. The van der Waals surface area contributed by atoms with Crippen molar-refractivity contribution in [1.29, 1.82) is 5.26 Å². The van der Waals surface area contributed by atoms with Crippen molar-refractivity contribution in [3.63, 3.8) is 0 Å². The van der Waals surface area contributed by atoms with E-state index in [0.29, 0.717) is 11.3 Å². The molecule has 0 spiro atoms. The van der Waals surface area contributed by atoms with Crippen molar-refractivity contribution >= 4 is 11.7 Å². The van der Waals surface area contributed by atoms with Gasteiger partial charge in [-0.15, -0.1) is 0 Å². The van der Waals surface area contributed by atoms with Crippen LogP contribution < -0.4 is 5.32 Å². The molecule has 1 saturated heterocycles. The lowest BCUT2D eigenvalue weighted by atomic mass is 10.1. The van der Waals surface area contributed by atoms with Gasteiger partial charge in [0.1, 0.15) is 0 Å². The molecular weight excluding hydrogens is 276 g/mol. The van der Waals surface area contributed by atoms with Gasteiger partial charge in [0.05, 0.1) is 17.7 Å². The minimum absolute atomic E-state index is 0.110. The summed E-state index contributed by atoms with van der Waals surface area (Å²) in [6.45, 7) is 0.750. The largest absolute Gasteiger partial charge is 0.353 e. The standard InChI is InChI=1S/C17H18N4O/c1-20-9-3-7-15(20)16-8-4-10-21(16)17(22)19-14-6-2-5-13(11-14)12-18/h2-3,5-7,9,11,16H,4,8,10H2,1H3,(H,19,22). The van der Waals surface area contributed by atoms with Crippen molar-refractivity contribution in [3.05, 3.63) is 53.9 Å². The predicted octanol–water partition coefficient (Wildman–Crippen LogP) is 3.27. The second-order valence-corrected chi connectivity index (χ2v) is 5.52. The first-order valence-corrected chi connectivity index (χ1v) is 7.38. The zero-order valence-corrected chi connectivity index (χ0v) is 12.5. The lowest BCUT2D eigenvalue weighted by molar-refractivity contribution is 0.205. The van der Waals surface area contributed by atoms with Crippen molar-refractivity contribution in [1.82, 2.24) is 9.47 Å². The maximum atomic E-state index is 12.6. The van der Waals surface area contributed by atoms with Gasteiger partial charge in [-0.25, -0.2) is 4.79 Å². The Hall–Kier alpha value is -2.74. The van der Waals surface area contributed by atoms with Crippen molar-refractivity contribution in [2.24, 2.45) is 7.05 Å². The second kappa shape index (κ2) is 5.94. The highest BCUT2D eigenvalue weighted by molar-refractivity contribution is 5.90. The van der Waals surface area contributed by atoms with Crippen molar-refractivity contribution in [3.8, 4) is 6.07 Å². The molecule has 1 atom stereocenters. The molecular formula is C17H18N4O. The van der Waals surface area contributed by atoms with E-state index in [-0.39, 0.29) is 12.1 Å². The number of anilines is 1. The third kappa shape index (κ3) is 2.68. The number of carbonyl (C=O) groups is 1. The Balaban J connectivity index is 1.76. The van der Waals surface area contributed by atoms with E-state index in [1.807, 2.05) is 24.2 Å². The van der Waals surface area contributed by atoms with Crippen LogP contribution in [-0.2, 0) is 7.05 Å². The molecule has 1 fully saturated rings. The van der Waals surface area contributed by atoms with Gasteiger partial charge in [-0.1, -0.05) is 6.07 Å². The molecule has 1 aromatic carbocycles. The third-order valence-corrected chi connectivity index (χ3v) is 4.08. The van der Waals surface area contributed by atoms with Crippen molar-refractivity contribution < 1.29 is 4.79 Å². The molecule has 1 aromatic heterocycles. The van der Waals surface area contributed by atoms with Gasteiger partial charge in [0.2, 0.25) is 0 Å². The normalized spacial score (nSPS) is 17.3. The Kier molecular flexibility index (Phi) is 3.84. The third-order valence-electron chi connectivity index (χ3n) is 4.08. The summed E-state index contributed by atoms with van der Waals surface area (Å²) < 4.78 is 2.06. The highest BCUT2D eigenvalue weighted by Gasteiger charge is 2.31. The quantitative estimate of drug-likeness (QED) is 0.924. The summed E-state index contributed by atoms with van der Waals surface area (Å²) in [5.41, 5.74) is 2.35. The number of urea groups is 1. The van der Waals surface area contributed by atoms with Crippen LogP contribution in [0.1, 0.15) is 30.1 Å². The number of nitriles is 1. The van der Waals surface area contributed by atoms with Crippen molar-refractivity contribution in [2.75, 3.05) is 11.9 Å². The van der Waals surface area contributed by atoms with Crippen LogP contribution in [-0.4, -0.2) is 22.0 Å². The van der Waals surface area contributed by atoms with Gasteiger partial charge < -0.3 is 14.8 Å². The van der Waals surface area contributed by atoms with Gasteiger partial charge in [-0.05, 0) is 43.2 Å². The van der Waals surface area contributed by atoms with Gasteiger partial charge in [0.15, 0.2) is 0 Å². The van der Waals surface area contributed by atoms with Crippen molar-refractivity contribution in [2.45, 2.75) is 18.9 Å². The Labute approximate surface area is 129 Å². The van der Waals surface area contributed by atoms with Crippen LogP contribution in [0.4, 0.5) is 10.5 Å². The first kappa shape index (κ1) is 14.2. The van der Waals surface area contributed by atoms with Crippen LogP contribution in [0.25, 0.3) is 0 Å². The highest BCUT2D eigenvalue weighted by Crippen LogP contribution is 2.32.